The summed E-state index contributed by atoms with van der Waals surface area (Å²) in [6.45, 7) is 0.692. The Bertz CT molecular complexity index is 334. The van der Waals surface area contributed by atoms with Crippen molar-refractivity contribution in [2.45, 2.75) is 50.5 Å². The summed E-state index contributed by atoms with van der Waals surface area (Å²) in [7, 11) is 0. The molecule has 0 bridgehead atoms. The van der Waals surface area contributed by atoms with Gasteiger partial charge < -0.3 is 61.3 Å². The maximum Gasteiger partial charge on any atom is 0.332 e. The standard InChI is InChI=1S/C6H14O6.2C3H6O3.C2H6O2.ClH/c7-1-3(9)5(11)6(12)4(10)2-8;2*1-2(4)3(5)6;3-1-2-4;/h3-12H,1-2H2;2*2,4H,1H3,(H,5,6);3-4H,1-2H2;1H/t3-,4+,5-,6-;;;;/m1..../s1. The molecule has 12 N–H and O–H groups in total. The van der Waals surface area contributed by atoms with Gasteiger partial charge in [-0.2, -0.15) is 0 Å². The monoisotopic (exact) mass is 460 g/mol. The molecule has 0 rings (SSSR count). The van der Waals surface area contributed by atoms with Crippen molar-refractivity contribution in [3.05, 3.63) is 0 Å². The summed E-state index contributed by atoms with van der Waals surface area (Å²) in [5.74, 6) is -2.37. The second kappa shape index (κ2) is 24.9. The number of aliphatic carboxylic acids is 2. The lowest BCUT2D eigenvalue weighted by Gasteiger charge is -2.24. The molecule has 14 nitrogen and oxygen atoms in total. The molecule has 180 valence electrons. The fourth-order valence-corrected chi connectivity index (χ4v) is 0.671. The van der Waals surface area contributed by atoms with Crippen LogP contribution in [0.15, 0.2) is 0 Å². The predicted molar refractivity (Wildman–Crippen MR) is 98.3 cm³/mol. The number of aliphatic hydroxyl groups is 10. The third-order valence-corrected chi connectivity index (χ3v) is 2.33. The van der Waals surface area contributed by atoms with Crippen LogP contribution in [-0.2, 0) is 9.59 Å². The van der Waals surface area contributed by atoms with Crippen LogP contribution in [0.5, 0.6) is 0 Å². The van der Waals surface area contributed by atoms with Gasteiger partial charge in [-0.25, -0.2) is 9.59 Å². The molecule has 0 aliphatic heterocycles. The zero-order valence-electron chi connectivity index (χ0n) is 15.9. The molecule has 0 aromatic carbocycles. The van der Waals surface area contributed by atoms with Crippen molar-refractivity contribution in [3.63, 3.8) is 0 Å². The summed E-state index contributed by atoms with van der Waals surface area (Å²) >= 11 is 0. The van der Waals surface area contributed by atoms with E-state index in [-0.39, 0.29) is 25.6 Å². The molecule has 0 radical (unpaired) electrons. The average Bonchev–Trinajstić information content (AvgIpc) is 2.66. The van der Waals surface area contributed by atoms with Gasteiger partial charge in [0.15, 0.2) is 0 Å². The zero-order chi connectivity index (χ0) is 23.4. The molecule has 0 amide bonds. The number of carboxylic acids is 2. The Morgan fingerprint density at radius 2 is 0.793 bits per heavy atom. The van der Waals surface area contributed by atoms with E-state index in [1.165, 1.54) is 13.8 Å². The number of hydrogen-bond acceptors (Lipinski definition) is 12. The van der Waals surface area contributed by atoms with Gasteiger partial charge in [-0.3, -0.25) is 0 Å². The molecule has 0 aliphatic rings. The van der Waals surface area contributed by atoms with Gasteiger partial charge in [-0.05, 0) is 13.8 Å². The number of rotatable bonds is 8. The van der Waals surface area contributed by atoms with Crippen molar-refractivity contribution in [1.82, 2.24) is 0 Å². The summed E-state index contributed by atoms with van der Waals surface area (Å²) in [4.78, 5) is 18.9. The van der Waals surface area contributed by atoms with Gasteiger partial charge in [-0.1, -0.05) is 0 Å². The highest BCUT2D eigenvalue weighted by atomic mass is 35.5. The topological polar surface area (TPSA) is 277 Å². The minimum Gasteiger partial charge on any atom is -0.479 e. The van der Waals surface area contributed by atoms with Crippen molar-refractivity contribution in [2.24, 2.45) is 0 Å². The number of hydrogen-bond donors (Lipinski definition) is 12. The third kappa shape index (κ3) is 29.1. The number of carbonyl (C=O) groups is 2. The van der Waals surface area contributed by atoms with Gasteiger partial charge >= 0.3 is 11.9 Å². The SMILES string of the molecule is CC(O)C(=O)O.CC(O)C(=O)O.Cl.OCCO.OC[C@@H](O)[C@@H](O)[C@H](O)[C@@H](O)CO. The Morgan fingerprint density at radius 3 is 0.862 bits per heavy atom. The molecule has 0 spiro atoms. The fraction of sp³-hybridized carbons (Fsp3) is 0.857. The normalized spacial score (nSPS) is 15.6. The van der Waals surface area contributed by atoms with E-state index in [1.54, 1.807) is 0 Å². The molecule has 29 heavy (non-hydrogen) atoms. The van der Waals surface area contributed by atoms with Crippen molar-refractivity contribution < 1.29 is 70.9 Å². The summed E-state index contributed by atoms with van der Waals surface area (Å²) in [5.41, 5.74) is 0. The first-order valence-corrected chi connectivity index (χ1v) is 7.72. The molecule has 0 aliphatic carbocycles. The number of aliphatic hydroxyl groups excluding tert-OH is 10. The molecule has 15 heteroatoms. The molecule has 0 saturated carbocycles. The Labute approximate surface area is 173 Å². The minimum absolute atomic E-state index is 0. The maximum atomic E-state index is 9.45. The lowest BCUT2D eigenvalue weighted by molar-refractivity contribution is -0.146. The van der Waals surface area contributed by atoms with E-state index in [0.717, 1.165) is 0 Å². The Kier molecular flexibility index (Phi) is 33.0. The van der Waals surface area contributed by atoms with Crippen molar-refractivity contribution in [3.8, 4) is 0 Å². The number of halogens is 1. The van der Waals surface area contributed by atoms with Crippen molar-refractivity contribution in [1.29, 1.82) is 0 Å². The van der Waals surface area contributed by atoms with Crippen molar-refractivity contribution in [2.75, 3.05) is 26.4 Å². The van der Waals surface area contributed by atoms with Gasteiger partial charge in [0, 0.05) is 0 Å². The van der Waals surface area contributed by atoms with E-state index in [1.807, 2.05) is 0 Å². The van der Waals surface area contributed by atoms with E-state index >= 15 is 0 Å². The first-order chi connectivity index (χ1) is 12.7. The largest absolute Gasteiger partial charge is 0.479 e. The van der Waals surface area contributed by atoms with Crippen LogP contribution >= 0.6 is 12.4 Å². The molecule has 2 unspecified atom stereocenters. The fourth-order valence-electron chi connectivity index (χ4n) is 0.671. The van der Waals surface area contributed by atoms with Crippen LogP contribution in [0.25, 0.3) is 0 Å². The van der Waals surface area contributed by atoms with Gasteiger partial charge in [0.05, 0.1) is 26.4 Å². The predicted octanol–water partition coefficient (Wildman–Crippen LogP) is -5.29. The summed E-state index contributed by atoms with van der Waals surface area (Å²) in [5, 5.41) is 99.0. The second-order valence-electron chi connectivity index (χ2n) is 4.96. The summed E-state index contributed by atoms with van der Waals surface area (Å²) in [6.07, 6.45) is -8.85. The summed E-state index contributed by atoms with van der Waals surface area (Å²) < 4.78 is 0. The van der Waals surface area contributed by atoms with Crippen LogP contribution in [0.1, 0.15) is 13.8 Å². The van der Waals surface area contributed by atoms with E-state index < -0.39 is 61.8 Å². The van der Waals surface area contributed by atoms with E-state index in [0.29, 0.717) is 0 Å². The van der Waals surface area contributed by atoms with Crippen molar-refractivity contribution >= 4 is 24.3 Å². The first kappa shape index (κ1) is 38.4. The molecular weight excluding hydrogens is 428 g/mol. The maximum absolute atomic E-state index is 9.45. The smallest absolute Gasteiger partial charge is 0.332 e. The zero-order valence-corrected chi connectivity index (χ0v) is 16.7. The van der Waals surface area contributed by atoms with Gasteiger partial charge in [0.2, 0.25) is 0 Å². The minimum atomic E-state index is -1.67. The van der Waals surface area contributed by atoms with Crippen LogP contribution in [0, 0.1) is 0 Å². The highest BCUT2D eigenvalue weighted by Gasteiger charge is 2.29. The van der Waals surface area contributed by atoms with Crippen LogP contribution in [0.4, 0.5) is 0 Å². The summed E-state index contributed by atoms with van der Waals surface area (Å²) in [6, 6.07) is 0. The van der Waals surface area contributed by atoms with E-state index in [2.05, 4.69) is 0 Å². The van der Waals surface area contributed by atoms with Crippen LogP contribution < -0.4 is 0 Å². The van der Waals surface area contributed by atoms with E-state index in [9.17, 15) is 9.59 Å². The molecule has 0 heterocycles. The molecule has 0 aromatic rings. The quantitative estimate of drug-likeness (QED) is 0.161. The third-order valence-electron chi connectivity index (χ3n) is 2.33. The Hall–Kier alpha value is -1.17. The van der Waals surface area contributed by atoms with Crippen LogP contribution in [0.2, 0.25) is 0 Å². The van der Waals surface area contributed by atoms with Gasteiger partial charge in [0.25, 0.3) is 0 Å². The lowest BCUT2D eigenvalue weighted by atomic mass is 10.0. The highest BCUT2D eigenvalue weighted by molar-refractivity contribution is 5.85. The molecule has 0 fully saturated rings. The van der Waals surface area contributed by atoms with Crippen LogP contribution in [-0.4, -0.2) is 136 Å². The lowest BCUT2D eigenvalue weighted by Crippen LogP contribution is -2.46. The molecule has 0 saturated heterocycles. The van der Waals surface area contributed by atoms with Crippen LogP contribution in [0.3, 0.4) is 0 Å². The Morgan fingerprint density at radius 1 is 0.621 bits per heavy atom. The number of carboxylic acid groups (broad SMARTS) is 2. The van der Waals surface area contributed by atoms with Gasteiger partial charge in [0.1, 0.15) is 36.6 Å². The average molecular weight is 461 g/mol. The Balaban J connectivity index is -0.0000000961. The molecular formula is C14H33ClO14. The molecule has 0 aromatic heterocycles. The first-order valence-electron chi connectivity index (χ1n) is 7.72. The highest BCUT2D eigenvalue weighted by Crippen LogP contribution is 2.04. The van der Waals surface area contributed by atoms with Gasteiger partial charge in [-0.15, -0.1) is 12.4 Å². The second-order valence-corrected chi connectivity index (χ2v) is 4.96. The molecule has 6 atom stereocenters. The van der Waals surface area contributed by atoms with E-state index in [4.69, 9.17) is 61.3 Å².